The molecule has 5 rings (SSSR count). The van der Waals surface area contributed by atoms with Gasteiger partial charge in [0.15, 0.2) is 0 Å². The molecule has 32 heavy (non-hydrogen) atoms. The Hall–Kier alpha value is -2.62. The molecule has 1 saturated heterocycles. The molecule has 1 saturated carbocycles. The van der Waals surface area contributed by atoms with Gasteiger partial charge >= 0.3 is 0 Å². The van der Waals surface area contributed by atoms with Gasteiger partial charge in [-0.15, -0.1) is 0 Å². The minimum Gasteiger partial charge on any atom is -0.313 e. The quantitative estimate of drug-likeness (QED) is 0.570. The van der Waals surface area contributed by atoms with Crippen LogP contribution in [0.25, 0.3) is 16.8 Å². The second-order valence-electron chi connectivity index (χ2n) is 8.68. The lowest BCUT2D eigenvalue weighted by atomic mass is 10.0. The Morgan fingerprint density at radius 1 is 1.16 bits per heavy atom. The molecule has 1 aromatic carbocycles. The Bertz CT molecular complexity index is 1320. The number of nitrogens with zero attached hydrogens (tertiary/aromatic N) is 4. The number of aromatic nitrogens is 3. The third kappa shape index (κ3) is 4.32. The van der Waals surface area contributed by atoms with Gasteiger partial charge in [-0.05, 0) is 38.1 Å². The molecule has 2 aliphatic rings. The van der Waals surface area contributed by atoms with Crippen LogP contribution in [0, 0.1) is 5.92 Å². The molecule has 0 radical (unpaired) electrons. The van der Waals surface area contributed by atoms with E-state index in [-0.39, 0.29) is 10.8 Å². The topological polar surface area (TPSA) is 89.2 Å². The molecule has 0 amide bonds. The zero-order valence-electron chi connectivity index (χ0n) is 17.6. The summed E-state index contributed by atoms with van der Waals surface area (Å²) >= 11 is 6.46. The maximum absolute atomic E-state index is 12.3. The van der Waals surface area contributed by atoms with Gasteiger partial charge in [0, 0.05) is 60.8 Å². The first-order valence-electron chi connectivity index (χ1n) is 10.5. The monoisotopic (exact) mass is 473 g/mol. The second kappa shape index (κ2) is 8.06. The number of benzene rings is 1. The van der Waals surface area contributed by atoms with Gasteiger partial charge in [0.1, 0.15) is 0 Å². The van der Waals surface area contributed by atoms with Gasteiger partial charge in [-0.1, -0.05) is 17.7 Å². The van der Waals surface area contributed by atoms with Crippen LogP contribution in [-0.4, -0.2) is 53.1 Å². The van der Waals surface area contributed by atoms with Crippen LogP contribution in [0.4, 0.5) is 5.69 Å². The van der Waals surface area contributed by atoms with Crippen LogP contribution in [0.5, 0.6) is 0 Å². The summed E-state index contributed by atoms with van der Waals surface area (Å²) in [5.74, 6) is 0.482. The molecule has 0 atom stereocenters. The van der Waals surface area contributed by atoms with Crippen LogP contribution >= 0.6 is 11.6 Å². The first-order chi connectivity index (χ1) is 15.3. The van der Waals surface area contributed by atoms with Crippen molar-refractivity contribution in [3.05, 3.63) is 64.3 Å². The molecule has 3 heterocycles. The largest absolute Gasteiger partial charge is 0.313 e. The number of nitrogens with one attached hydrogen (secondary N) is 1. The number of halogens is 1. The fourth-order valence-electron chi connectivity index (χ4n) is 4.06. The lowest BCUT2D eigenvalue weighted by Crippen LogP contribution is -2.46. The highest BCUT2D eigenvalue weighted by molar-refractivity contribution is 7.93. The maximum atomic E-state index is 12.3. The summed E-state index contributed by atoms with van der Waals surface area (Å²) in [5, 5.41) is 4.57. The SMILES string of the molecule is CN1CC(Cn2cc(-n3cc(-c4ccc(NS(=O)(=O)C5CC5)cc4Cl)cn3)ccc2=O)C1. The van der Waals surface area contributed by atoms with Crippen molar-refractivity contribution in [1.82, 2.24) is 19.2 Å². The van der Waals surface area contributed by atoms with E-state index in [1.165, 1.54) is 0 Å². The lowest BCUT2D eigenvalue weighted by molar-refractivity contribution is 0.118. The molecule has 8 nitrogen and oxygen atoms in total. The Kier molecular flexibility index (Phi) is 5.35. The molecule has 0 bridgehead atoms. The Morgan fingerprint density at radius 3 is 2.62 bits per heavy atom. The zero-order valence-corrected chi connectivity index (χ0v) is 19.2. The van der Waals surface area contributed by atoms with Gasteiger partial charge in [-0.3, -0.25) is 9.52 Å². The minimum atomic E-state index is -3.34. The lowest BCUT2D eigenvalue weighted by Gasteiger charge is -2.36. The van der Waals surface area contributed by atoms with E-state index in [0.29, 0.717) is 36.0 Å². The predicted molar refractivity (Wildman–Crippen MR) is 125 cm³/mol. The highest BCUT2D eigenvalue weighted by Gasteiger charge is 2.35. The molecule has 2 aromatic heterocycles. The number of likely N-dealkylation sites (tertiary alicyclic amines) is 1. The van der Waals surface area contributed by atoms with E-state index in [1.807, 2.05) is 12.4 Å². The number of hydrogen-bond donors (Lipinski definition) is 1. The molecule has 1 N–H and O–H groups in total. The van der Waals surface area contributed by atoms with Crippen LogP contribution in [0.2, 0.25) is 5.02 Å². The Morgan fingerprint density at radius 2 is 1.94 bits per heavy atom. The van der Waals surface area contributed by atoms with E-state index >= 15 is 0 Å². The van der Waals surface area contributed by atoms with Crippen molar-refractivity contribution < 1.29 is 8.42 Å². The predicted octanol–water partition coefficient (Wildman–Crippen LogP) is 2.82. The number of sulfonamides is 1. The van der Waals surface area contributed by atoms with Crippen LogP contribution < -0.4 is 10.3 Å². The number of anilines is 1. The van der Waals surface area contributed by atoms with Gasteiger partial charge in [0.25, 0.3) is 5.56 Å². The van der Waals surface area contributed by atoms with E-state index < -0.39 is 10.0 Å². The van der Waals surface area contributed by atoms with Crippen LogP contribution in [0.15, 0.2) is 53.7 Å². The minimum absolute atomic E-state index is 0.0250. The molecule has 168 valence electrons. The third-order valence-corrected chi connectivity index (χ3v) is 8.10. The standard InChI is InChI=1S/C22H24ClN5O3S/c1-26-10-15(11-26)12-27-14-18(3-7-22(27)29)28-13-16(9-24-28)20-6-2-17(8-21(20)23)25-32(30,31)19-4-5-19/h2-3,6-9,13-15,19,25H,4-5,10-12H2,1H3. The molecule has 2 fully saturated rings. The van der Waals surface area contributed by atoms with Crippen molar-refractivity contribution >= 4 is 27.3 Å². The number of pyridine rings is 1. The molecule has 0 unspecified atom stereocenters. The van der Waals surface area contributed by atoms with E-state index in [0.717, 1.165) is 29.9 Å². The van der Waals surface area contributed by atoms with Crippen molar-refractivity contribution in [3.8, 4) is 16.8 Å². The third-order valence-electron chi connectivity index (χ3n) is 5.91. The summed E-state index contributed by atoms with van der Waals surface area (Å²) in [6, 6.07) is 8.41. The molecule has 3 aromatic rings. The van der Waals surface area contributed by atoms with Crippen molar-refractivity contribution in [3.63, 3.8) is 0 Å². The summed E-state index contributed by atoms with van der Waals surface area (Å²) in [6.07, 6.45) is 6.77. The molecule has 1 aliphatic carbocycles. The van der Waals surface area contributed by atoms with Crippen LogP contribution in [0.3, 0.4) is 0 Å². The number of hydrogen-bond acceptors (Lipinski definition) is 5. The average Bonchev–Trinajstić information content (AvgIpc) is 3.48. The maximum Gasteiger partial charge on any atom is 0.250 e. The molecular formula is C22H24ClN5O3S. The fraction of sp³-hybridized carbons (Fsp3) is 0.364. The highest BCUT2D eigenvalue weighted by Crippen LogP contribution is 2.33. The average molecular weight is 474 g/mol. The van der Waals surface area contributed by atoms with E-state index in [2.05, 4.69) is 21.8 Å². The molecular weight excluding hydrogens is 450 g/mol. The van der Waals surface area contributed by atoms with E-state index in [1.54, 1.807) is 45.8 Å². The van der Waals surface area contributed by atoms with E-state index in [4.69, 9.17) is 11.6 Å². The smallest absolute Gasteiger partial charge is 0.250 e. The molecule has 10 heteroatoms. The van der Waals surface area contributed by atoms with Gasteiger partial charge in [-0.25, -0.2) is 13.1 Å². The van der Waals surface area contributed by atoms with Gasteiger partial charge in [0.2, 0.25) is 10.0 Å². The summed E-state index contributed by atoms with van der Waals surface area (Å²) in [5.41, 5.74) is 2.76. The first-order valence-corrected chi connectivity index (χ1v) is 12.5. The van der Waals surface area contributed by atoms with Gasteiger partial charge in [0.05, 0.1) is 22.2 Å². The highest BCUT2D eigenvalue weighted by atomic mass is 35.5. The first kappa shape index (κ1) is 21.2. The van der Waals surface area contributed by atoms with Crippen LogP contribution in [0.1, 0.15) is 12.8 Å². The normalized spacial score (nSPS) is 17.3. The van der Waals surface area contributed by atoms with Crippen LogP contribution in [-0.2, 0) is 16.6 Å². The summed E-state index contributed by atoms with van der Waals surface area (Å²) in [7, 11) is -1.27. The fourth-order valence-corrected chi connectivity index (χ4v) is 5.73. The summed E-state index contributed by atoms with van der Waals surface area (Å²) in [4.78, 5) is 14.5. The summed E-state index contributed by atoms with van der Waals surface area (Å²) in [6.45, 7) is 2.68. The zero-order chi connectivity index (χ0) is 22.5. The van der Waals surface area contributed by atoms with E-state index in [9.17, 15) is 13.2 Å². The van der Waals surface area contributed by atoms with Crippen molar-refractivity contribution in [2.24, 2.45) is 5.92 Å². The van der Waals surface area contributed by atoms with Crippen molar-refractivity contribution in [2.45, 2.75) is 24.6 Å². The Labute approximate surface area is 191 Å². The number of rotatable bonds is 7. The van der Waals surface area contributed by atoms with Crippen molar-refractivity contribution in [1.29, 1.82) is 0 Å². The summed E-state index contributed by atoms with van der Waals surface area (Å²) < 4.78 is 30.3. The van der Waals surface area contributed by atoms with Gasteiger partial charge < -0.3 is 9.47 Å². The Balaban J connectivity index is 1.36. The van der Waals surface area contributed by atoms with Gasteiger partial charge in [-0.2, -0.15) is 5.10 Å². The second-order valence-corrected chi connectivity index (χ2v) is 11.0. The molecule has 1 aliphatic heterocycles. The molecule has 0 spiro atoms. The van der Waals surface area contributed by atoms with Crippen molar-refractivity contribution in [2.75, 3.05) is 24.9 Å².